The van der Waals surface area contributed by atoms with Crippen LogP contribution < -0.4 is 15.4 Å². The van der Waals surface area contributed by atoms with Crippen LogP contribution in [-0.4, -0.2) is 49.9 Å². The molecule has 1 heterocycles. The summed E-state index contributed by atoms with van der Waals surface area (Å²) >= 11 is 1.46. The van der Waals surface area contributed by atoms with Crippen LogP contribution in [0.25, 0.3) is 10.4 Å². The summed E-state index contributed by atoms with van der Waals surface area (Å²) in [6.07, 6.45) is 3.84. The Morgan fingerprint density at radius 3 is 2.42 bits per heavy atom. The van der Waals surface area contributed by atoms with Crippen LogP contribution in [0.1, 0.15) is 78.2 Å². The average molecular weight is 567 g/mol. The Balaban J connectivity index is 1.82. The number of sulfonamides is 1. The number of nitrogens with one attached hydrogen (secondary N) is 3. The molecule has 0 aliphatic heterocycles. The lowest BCUT2D eigenvalue weighted by Gasteiger charge is -2.28. The van der Waals surface area contributed by atoms with Gasteiger partial charge in [0.2, 0.25) is 10.0 Å². The summed E-state index contributed by atoms with van der Waals surface area (Å²) in [5.41, 5.74) is 0.119. The first-order valence-electron chi connectivity index (χ1n) is 12.8. The van der Waals surface area contributed by atoms with E-state index in [0.29, 0.717) is 11.3 Å². The molecule has 0 atom stereocenters. The molecule has 38 heavy (non-hydrogen) atoms. The van der Waals surface area contributed by atoms with Crippen LogP contribution in [0.5, 0.6) is 0 Å². The molecule has 12 heteroatoms. The highest BCUT2D eigenvalue weighted by molar-refractivity contribution is 7.89. The number of alkyl carbamates (subject to hydrolysis) is 1. The molecule has 1 aliphatic carbocycles. The van der Waals surface area contributed by atoms with Crippen LogP contribution in [0.2, 0.25) is 0 Å². The molecule has 1 saturated carbocycles. The number of carbonyl (C=O) groups excluding carboxylic acids is 2. The molecule has 1 fully saturated rings. The molecule has 1 aromatic heterocycles. The van der Waals surface area contributed by atoms with Gasteiger partial charge in [-0.25, -0.2) is 27.7 Å². The van der Waals surface area contributed by atoms with E-state index in [2.05, 4.69) is 20.3 Å². The lowest BCUT2D eigenvalue weighted by Crippen LogP contribution is -2.40. The van der Waals surface area contributed by atoms with Gasteiger partial charge in [0, 0.05) is 34.9 Å². The summed E-state index contributed by atoms with van der Waals surface area (Å²) in [5.74, 6) is 0.227. The van der Waals surface area contributed by atoms with E-state index in [0.717, 1.165) is 35.6 Å². The lowest BCUT2D eigenvalue weighted by atomic mass is 9.86. The summed E-state index contributed by atoms with van der Waals surface area (Å²) in [6, 6.07) is 4.83. The Hall–Kier alpha value is -2.70. The smallest absolute Gasteiger partial charge is 0.411 e. The van der Waals surface area contributed by atoms with Crippen LogP contribution in [0.3, 0.4) is 0 Å². The molecular weight excluding hydrogens is 528 g/mol. The molecule has 0 unspecified atom stereocenters. The van der Waals surface area contributed by atoms with E-state index in [1.165, 1.54) is 17.4 Å². The van der Waals surface area contributed by atoms with Crippen molar-refractivity contribution in [3.8, 4) is 10.4 Å². The van der Waals surface area contributed by atoms with E-state index in [9.17, 15) is 18.0 Å². The first kappa shape index (κ1) is 29.9. The van der Waals surface area contributed by atoms with Crippen molar-refractivity contribution in [3.05, 3.63) is 29.4 Å². The van der Waals surface area contributed by atoms with Crippen molar-refractivity contribution in [2.24, 2.45) is 0 Å². The van der Waals surface area contributed by atoms with Gasteiger partial charge in [-0.15, -0.1) is 11.3 Å². The molecule has 210 valence electrons. The van der Waals surface area contributed by atoms with Crippen molar-refractivity contribution in [2.75, 3.05) is 11.9 Å². The third-order valence-corrected chi connectivity index (χ3v) is 8.75. The number of ether oxygens (including phenoxy) is 2. The van der Waals surface area contributed by atoms with Crippen LogP contribution in [-0.2, 0) is 19.5 Å². The zero-order valence-corrected chi connectivity index (χ0v) is 24.4. The Morgan fingerprint density at radius 2 is 1.82 bits per heavy atom. The number of nitrogens with zero attached hydrogens (tertiary/aromatic N) is 1. The van der Waals surface area contributed by atoms with Gasteiger partial charge in [0.05, 0.1) is 27.5 Å². The van der Waals surface area contributed by atoms with Crippen molar-refractivity contribution in [1.29, 1.82) is 0 Å². The summed E-state index contributed by atoms with van der Waals surface area (Å²) in [6.45, 7) is 10.8. The van der Waals surface area contributed by atoms with Gasteiger partial charge in [0.15, 0.2) is 0 Å². The van der Waals surface area contributed by atoms with Gasteiger partial charge >= 0.3 is 12.2 Å². The van der Waals surface area contributed by atoms with Crippen molar-refractivity contribution in [1.82, 2.24) is 15.0 Å². The predicted molar refractivity (Wildman–Crippen MR) is 148 cm³/mol. The molecule has 0 bridgehead atoms. The van der Waals surface area contributed by atoms with Crippen molar-refractivity contribution < 1.29 is 27.5 Å². The van der Waals surface area contributed by atoms with Crippen LogP contribution >= 0.6 is 11.3 Å². The van der Waals surface area contributed by atoms with Gasteiger partial charge in [-0.2, -0.15) is 0 Å². The normalized spacial score (nSPS) is 18.2. The summed E-state index contributed by atoms with van der Waals surface area (Å²) in [4.78, 5) is 29.3. The minimum atomic E-state index is -3.93. The Bertz CT molecular complexity index is 1230. The van der Waals surface area contributed by atoms with Gasteiger partial charge in [-0.05, 0) is 79.4 Å². The zero-order chi connectivity index (χ0) is 28.1. The molecule has 0 saturated heterocycles. The highest BCUT2D eigenvalue weighted by atomic mass is 32.2. The maximum absolute atomic E-state index is 13.4. The summed E-state index contributed by atoms with van der Waals surface area (Å²) < 4.78 is 39.6. The van der Waals surface area contributed by atoms with E-state index in [1.54, 1.807) is 46.0 Å². The number of carbonyl (C=O) groups is 2. The van der Waals surface area contributed by atoms with E-state index in [4.69, 9.17) is 9.47 Å². The van der Waals surface area contributed by atoms with E-state index in [-0.39, 0.29) is 29.6 Å². The first-order chi connectivity index (χ1) is 17.8. The zero-order valence-electron chi connectivity index (χ0n) is 22.8. The summed E-state index contributed by atoms with van der Waals surface area (Å²) in [7, 11) is -3.93. The Morgan fingerprint density at radius 1 is 1.13 bits per heavy atom. The Kier molecular flexibility index (Phi) is 9.77. The second kappa shape index (κ2) is 12.4. The number of aromatic nitrogens is 1. The van der Waals surface area contributed by atoms with Gasteiger partial charge in [-0.3, -0.25) is 5.32 Å². The van der Waals surface area contributed by atoms with Crippen LogP contribution in [0, 0.1) is 0 Å². The molecule has 2 amide bonds. The highest BCUT2D eigenvalue weighted by Gasteiger charge is 2.29. The maximum Gasteiger partial charge on any atom is 0.411 e. The average Bonchev–Trinajstić information content (AvgIpc) is 3.27. The molecule has 3 rings (SSSR count). The van der Waals surface area contributed by atoms with E-state index in [1.807, 2.05) is 13.8 Å². The first-order valence-corrected chi connectivity index (χ1v) is 15.1. The molecule has 2 aromatic rings. The molecule has 0 radical (unpaired) electrons. The molecule has 10 nitrogen and oxygen atoms in total. The second-order valence-corrected chi connectivity index (χ2v) is 13.3. The second-order valence-electron chi connectivity index (χ2n) is 10.6. The van der Waals surface area contributed by atoms with E-state index >= 15 is 0 Å². The number of hydrogen-bond acceptors (Lipinski definition) is 8. The number of amides is 2. The van der Waals surface area contributed by atoms with Gasteiger partial charge in [-0.1, -0.05) is 6.07 Å². The number of thiazole rings is 1. The number of benzene rings is 1. The Labute approximate surface area is 229 Å². The topological polar surface area (TPSA) is 136 Å². The predicted octanol–water partition coefficient (Wildman–Crippen LogP) is 5.62. The fourth-order valence-corrected chi connectivity index (χ4v) is 7.13. The molecule has 1 aromatic carbocycles. The highest BCUT2D eigenvalue weighted by Crippen LogP contribution is 2.40. The quantitative estimate of drug-likeness (QED) is 0.377. The number of rotatable bonds is 8. The molecule has 1 aliphatic rings. The fraction of sp³-hybridized carbons (Fsp3) is 0.577. The van der Waals surface area contributed by atoms with E-state index < -0.39 is 27.7 Å². The SMILES string of the molecule is CCOC(=O)Nc1ccc(-c2cnc([C@H]3CC[C@H](NC(=O)OC(C)C)CC3)s2)c(S(=O)(=O)NC(C)(C)C)c1. The van der Waals surface area contributed by atoms with Crippen LogP contribution in [0.4, 0.5) is 15.3 Å². The van der Waals surface area contributed by atoms with Crippen molar-refractivity contribution in [2.45, 2.75) is 95.7 Å². The van der Waals surface area contributed by atoms with Crippen molar-refractivity contribution >= 4 is 39.2 Å². The van der Waals surface area contributed by atoms with Gasteiger partial charge < -0.3 is 14.8 Å². The lowest BCUT2D eigenvalue weighted by molar-refractivity contribution is 0.109. The number of hydrogen-bond donors (Lipinski definition) is 3. The monoisotopic (exact) mass is 566 g/mol. The van der Waals surface area contributed by atoms with Gasteiger partial charge in [0.25, 0.3) is 0 Å². The third kappa shape index (κ3) is 8.40. The van der Waals surface area contributed by atoms with Gasteiger partial charge in [0.1, 0.15) is 0 Å². The van der Waals surface area contributed by atoms with Crippen LogP contribution in [0.15, 0.2) is 29.3 Å². The standard InChI is InChI=1S/C26H38N4O6S2/c1-7-35-24(31)29-19-12-13-20(22(14-19)38(33,34)30-26(4,5)6)21-15-27-23(37-21)17-8-10-18(11-9-17)28-25(32)36-16(2)3/h12-18,30H,7-11H2,1-6H3,(H,28,32)(H,29,31)/t17-,18-. The number of anilines is 1. The largest absolute Gasteiger partial charge is 0.450 e. The third-order valence-electron chi connectivity index (χ3n) is 5.76. The summed E-state index contributed by atoms with van der Waals surface area (Å²) in [5, 5.41) is 6.44. The molecule has 0 spiro atoms. The molecule has 3 N–H and O–H groups in total. The fourth-order valence-electron chi connectivity index (χ4n) is 4.27. The maximum atomic E-state index is 13.4. The minimum absolute atomic E-state index is 0.0495. The molecular formula is C26H38N4O6S2. The minimum Gasteiger partial charge on any atom is -0.450 e. The van der Waals surface area contributed by atoms with Crippen molar-refractivity contribution in [3.63, 3.8) is 0 Å².